The highest BCUT2D eigenvalue weighted by atomic mass is 19.3. The van der Waals surface area contributed by atoms with Crippen molar-refractivity contribution >= 4 is 17.3 Å². The van der Waals surface area contributed by atoms with Crippen LogP contribution >= 0.6 is 0 Å². The molecular formula is C28H28F2N4O3. The van der Waals surface area contributed by atoms with Gasteiger partial charge in [0.2, 0.25) is 0 Å². The minimum Gasteiger partial charge on any atom is -0.380 e. The summed E-state index contributed by atoms with van der Waals surface area (Å²) in [6.07, 6.45) is 3.98. The molecule has 7 nitrogen and oxygen atoms in total. The van der Waals surface area contributed by atoms with Crippen LogP contribution in [0.4, 0.5) is 20.2 Å². The van der Waals surface area contributed by atoms with Crippen molar-refractivity contribution in [3.63, 3.8) is 0 Å². The molecule has 0 aliphatic carbocycles. The Balaban J connectivity index is 1.29. The number of benzene rings is 1. The van der Waals surface area contributed by atoms with Gasteiger partial charge in [-0.1, -0.05) is 6.07 Å². The molecule has 3 aliphatic heterocycles. The number of nitrogens with zero attached hydrogens (tertiary/aromatic N) is 3. The Morgan fingerprint density at radius 2 is 2.00 bits per heavy atom. The molecule has 1 amide bonds. The summed E-state index contributed by atoms with van der Waals surface area (Å²) < 4.78 is 38.8. The standard InChI is InChI=1S/C28H28F2N4O3/c1-17-3-4-20(33-26(35)18-5-6-31-24(10-18)27(2,29)30)11-21(17)19-9-23-22(32-13-19)12-28(15-37-16-28)25-14-36-8-7-34(23)25/h3-6,9-11,13,25H,7-8,12,14-16H2,1-2H3,(H,33,35). The van der Waals surface area contributed by atoms with Gasteiger partial charge in [-0.25, -0.2) is 0 Å². The smallest absolute Gasteiger partial charge is 0.286 e. The number of amides is 1. The Labute approximate surface area is 213 Å². The molecule has 0 radical (unpaired) electrons. The van der Waals surface area contributed by atoms with E-state index < -0.39 is 17.5 Å². The van der Waals surface area contributed by atoms with Crippen LogP contribution in [-0.4, -0.2) is 54.9 Å². The lowest BCUT2D eigenvalue weighted by Gasteiger charge is -2.56. The average Bonchev–Trinajstić information content (AvgIpc) is 2.87. The fourth-order valence-corrected chi connectivity index (χ4v) is 5.55. The fourth-order valence-electron chi connectivity index (χ4n) is 5.55. The summed E-state index contributed by atoms with van der Waals surface area (Å²) in [5.74, 6) is -3.60. The Morgan fingerprint density at radius 3 is 2.76 bits per heavy atom. The lowest BCUT2D eigenvalue weighted by molar-refractivity contribution is -0.146. The SMILES string of the molecule is Cc1ccc(NC(=O)c2ccnc(C(C)(F)F)c2)cc1-c1cnc2c(c1)N1CCOCC1C1(COC1)C2. The van der Waals surface area contributed by atoms with E-state index in [-0.39, 0.29) is 17.0 Å². The molecule has 1 atom stereocenters. The molecule has 3 aliphatic rings. The number of rotatable bonds is 4. The molecule has 6 rings (SSSR count). The second-order valence-electron chi connectivity index (χ2n) is 10.3. The van der Waals surface area contributed by atoms with Gasteiger partial charge < -0.3 is 19.7 Å². The van der Waals surface area contributed by atoms with Crippen molar-refractivity contribution in [1.82, 2.24) is 9.97 Å². The van der Waals surface area contributed by atoms with Gasteiger partial charge in [-0.15, -0.1) is 0 Å². The fraction of sp³-hybridized carbons (Fsp3) is 0.393. The van der Waals surface area contributed by atoms with Crippen molar-refractivity contribution in [3.8, 4) is 11.1 Å². The van der Waals surface area contributed by atoms with Gasteiger partial charge in [0.1, 0.15) is 5.69 Å². The molecule has 2 saturated heterocycles. The Kier molecular flexibility index (Phi) is 5.72. The first-order chi connectivity index (χ1) is 17.7. The number of carbonyl (C=O) groups excluding carboxylic acids is 1. The summed E-state index contributed by atoms with van der Waals surface area (Å²) >= 11 is 0. The molecule has 3 aromatic rings. The first-order valence-corrected chi connectivity index (χ1v) is 12.4. The minimum atomic E-state index is -3.13. The second kappa shape index (κ2) is 8.85. The first-order valence-electron chi connectivity index (χ1n) is 12.4. The summed E-state index contributed by atoms with van der Waals surface area (Å²) in [6.45, 7) is 6.41. The molecule has 2 fully saturated rings. The number of pyridine rings is 2. The molecular weight excluding hydrogens is 478 g/mol. The van der Waals surface area contributed by atoms with Crippen molar-refractivity contribution in [2.75, 3.05) is 43.2 Å². The summed E-state index contributed by atoms with van der Waals surface area (Å²) in [5.41, 5.74) is 5.45. The number of morpholine rings is 1. The van der Waals surface area contributed by atoms with Crippen LogP contribution in [0.3, 0.4) is 0 Å². The van der Waals surface area contributed by atoms with Gasteiger partial charge in [-0.05, 0) is 48.4 Å². The summed E-state index contributed by atoms with van der Waals surface area (Å²) in [7, 11) is 0. The summed E-state index contributed by atoms with van der Waals surface area (Å²) in [6, 6.07) is 10.6. The largest absolute Gasteiger partial charge is 0.380 e. The van der Waals surface area contributed by atoms with Gasteiger partial charge in [0.25, 0.3) is 11.8 Å². The molecule has 1 N–H and O–H groups in total. The second-order valence-corrected chi connectivity index (χ2v) is 10.3. The van der Waals surface area contributed by atoms with Crippen LogP contribution in [0, 0.1) is 12.3 Å². The number of aromatic nitrogens is 2. The minimum absolute atomic E-state index is 0.0661. The van der Waals surface area contributed by atoms with Crippen molar-refractivity contribution in [3.05, 3.63) is 71.3 Å². The van der Waals surface area contributed by atoms with E-state index in [1.807, 2.05) is 25.3 Å². The average molecular weight is 507 g/mol. The van der Waals surface area contributed by atoms with E-state index >= 15 is 0 Å². The lowest BCUT2D eigenvalue weighted by Crippen LogP contribution is -2.65. The number of nitrogens with one attached hydrogen (secondary N) is 1. The van der Waals surface area contributed by atoms with Crippen LogP contribution in [-0.2, 0) is 21.8 Å². The number of alkyl halides is 2. The monoisotopic (exact) mass is 506 g/mol. The lowest BCUT2D eigenvalue weighted by atomic mass is 9.70. The van der Waals surface area contributed by atoms with Gasteiger partial charge in [0, 0.05) is 54.5 Å². The van der Waals surface area contributed by atoms with E-state index in [0.717, 1.165) is 67.2 Å². The number of aryl methyl sites for hydroxylation is 1. The molecule has 0 bridgehead atoms. The van der Waals surface area contributed by atoms with Gasteiger partial charge in [-0.2, -0.15) is 8.78 Å². The zero-order valence-corrected chi connectivity index (χ0v) is 20.8. The third-order valence-corrected chi connectivity index (χ3v) is 7.67. The molecule has 5 heterocycles. The number of anilines is 2. The molecule has 1 spiro atoms. The number of hydrogen-bond donors (Lipinski definition) is 1. The number of ether oxygens (including phenoxy) is 2. The predicted molar refractivity (Wildman–Crippen MR) is 135 cm³/mol. The van der Waals surface area contributed by atoms with Crippen molar-refractivity contribution in [2.45, 2.75) is 32.2 Å². The Morgan fingerprint density at radius 1 is 1.16 bits per heavy atom. The van der Waals surface area contributed by atoms with E-state index in [1.165, 1.54) is 12.3 Å². The molecule has 192 valence electrons. The van der Waals surface area contributed by atoms with Gasteiger partial charge in [0.05, 0.1) is 43.9 Å². The quantitative estimate of drug-likeness (QED) is 0.558. The van der Waals surface area contributed by atoms with E-state index in [4.69, 9.17) is 14.5 Å². The maximum Gasteiger partial charge on any atom is 0.286 e. The molecule has 0 saturated carbocycles. The van der Waals surface area contributed by atoms with Crippen LogP contribution in [0.15, 0.2) is 48.8 Å². The van der Waals surface area contributed by atoms with E-state index in [9.17, 15) is 13.6 Å². The summed E-state index contributed by atoms with van der Waals surface area (Å²) in [5, 5.41) is 2.83. The topological polar surface area (TPSA) is 76.6 Å². The first kappa shape index (κ1) is 23.9. The van der Waals surface area contributed by atoms with Crippen molar-refractivity contribution in [2.24, 2.45) is 5.41 Å². The van der Waals surface area contributed by atoms with Crippen molar-refractivity contribution < 1.29 is 23.0 Å². The number of carbonyl (C=O) groups is 1. The van der Waals surface area contributed by atoms with Crippen LogP contribution in [0.5, 0.6) is 0 Å². The number of halogens is 2. The maximum atomic E-state index is 13.7. The van der Waals surface area contributed by atoms with Crippen molar-refractivity contribution in [1.29, 1.82) is 0 Å². The highest BCUT2D eigenvalue weighted by Gasteiger charge is 2.53. The molecule has 37 heavy (non-hydrogen) atoms. The van der Waals surface area contributed by atoms with Crippen LogP contribution in [0.1, 0.15) is 34.2 Å². The summed E-state index contributed by atoms with van der Waals surface area (Å²) in [4.78, 5) is 23.8. The maximum absolute atomic E-state index is 13.7. The Hall–Kier alpha value is -3.43. The van der Waals surface area contributed by atoms with Crippen LogP contribution in [0.25, 0.3) is 11.1 Å². The normalized spacial score (nSPS) is 20.1. The van der Waals surface area contributed by atoms with Gasteiger partial charge >= 0.3 is 0 Å². The Bertz CT molecular complexity index is 1370. The highest BCUT2D eigenvalue weighted by molar-refractivity contribution is 6.04. The van der Waals surface area contributed by atoms with Crippen LogP contribution < -0.4 is 10.2 Å². The zero-order valence-electron chi connectivity index (χ0n) is 20.8. The van der Waals surface area contributed by atoms with E-state index in [2.05, 4.69) is 21.3 Å². The van der Waals surface area contributed by atoms with E-state index in [0.29, 0.717) is 18.9 Å². The predicted octanol–water partition coefficient (Wildman–Crippen LogP) is 4.59. The van der Waals surface area contributed by atoms with E-state index in [1.54, 1.807) is 6.07 Å². The molecule has 2 aromatic heterocycles. The third kappa shape index (κ3) is 4.26. The number of fused-ring (bicyclic) bond motifs is 4. The number of hydrogen-bond acceptors (Lipinski definition) is 6. The molecule has 9 heteroatoms. The zero-order chi connectivity index (χ0) is 25.8. The molecule has 1 aromatic carbocycles. The third-order valence-electron chi connectivity index (χ3n) is 7.67. The van der Waals surface area contributed by atoms with Crippen LogP contribution in [0.2, 0.25) is 0 Å². The highest BCUT2D eigenvalue weighted by Crippen LogP contribution is 2.47. The van der Waals surface area contributed by atoms with Gasteiger partial charge in [0.15, 0.2) is 0 Å². The van der Waals surface area contributed by atoms with Gasteiger partial charge in [-0.3, -0.25) is 14.8 Å². The molecule has 1 unspecified atom stereocenters.